The van der Waals surface area contributed by atoms with Crippen molar-refractivity contribution in [1.82, 2.24) is 9.80 Å². The van der Waals surface area contributed by atoms with Crippen LogP contribution in [0.3, 0.4) is 0 Å². The fraction of sp³-hybridized carbons (Fsp3) is 0.371. The van der Waals surface area contributed by atoms with E-state index in [1.807, 2.05) is 60.5 Å². The molecule has 1 amide bonds. The summed E-state index contributed by atoms with van der Waals surface area (Å²) in [5.41, 5.74) is 5.14. The Morgan fingerprint density at radius 1 is 0.952 bits per heavy atom. The number of amides is 1. The van der Waals surface area contributed by atoms with Gasteiger partial charge in [0.2, 0.25) is 0 Å². The topological polar surface area (TPSA) is 73.0 Å². The minimum Gasteiger partial charge on any atom is -0.490 e. The maximum Gasteiger partial charge on any atom is 0.289 e. The SMILES string of the molecule is Cc1ccc(N2CCC(Oc3ccc4oc(C(=O)N(C)C5CCN(Cc6ccc(C#N)cc6)CC5)cc4c3)CC2)cc1. The van der Waals surface area contributed by atoms with E-state index in [1.54, 1.807) is 0 Å². The van der Waals surface area contributed by atoms with Gasteiger partial charge in [-0.1, -0.05) is 29.8 Å². The van der Waals surface area contributed by atoms with Crippen LogP contribution < -0.4 is 9.64 Å². The van der Waals surface area contributed by atoms with E-state index in [0.29, 0.717) is 16.9 Å². The lowest BCUT2D eigenvalue weighted by Gasteiger charge is -2.36. The summed E-state index contributed by atoms with van der Waals surface area (Å²) >= 11 is 0. The molecule has 0 bridgehead atoms. The molecule has 3 aromatic carbocycles. The Labute approximate surface area is 247 Å². The average molecular weight is 563 g/mol. The van der Waals surface area contributed by atoms with Crippen LogP contribution in [0.15, 0.2) is 77.2 Å². The number of fused-ring (bicyclic) bond motifs is 1. The van der Waals surface area contributed by atoms with Crippen LogP contribution in [0.2, 0.25) is 0 Å². The first-order valence-corrected chi connectivity index (χ1v) is 15.0. The van der Waals surface area contributed by atoms with Crippen molar-refractivity contribution in [3.05, 3.63) is 95.2 Å². The van der Waals surface area contributed by atoms with Crippen molar-refractivity contribution in [3.8, 4) is 11.8 Å². The Balaban J connectivity index is 1.01. The molecule has 0 aliphatic carbocycles. The van der Waals surface area contributed by atoms with E-state index < -0.39 is 0 Å². The number of hydrogen-bond donors (Lipinski definition) is 0. The fourth-order valence-corrected chi connectivity index (χ4v) is 6.13. The van der Waals surface area contributed by atoms with Crippen LogP contribution in [0, 0.1) is 18.3 Å². The number of ether oxygens (including phenoxy) is 1. The maximum absolute atomic E-state index is 13.4. The predicted molar refractivity (Wildman–Crippen MR) is 165 cm³/mol. The average Bonchev–Trinajstić information content (AvgIpc) is 3.45. The van der Waals surface area contributed by atoms with E-state index in [0.717, 1.165) is 69.5 Å². The van der Waals surface area contributed by atoms with Gasteiger partial charge in [-0.15, -0.1) is 0 Å². The van der Waals surface area contributed by atoms with Gasteiger partial charge in [-0.25, -0.2) is 0 Å². The molecule has 42 heavy (non-hydrogen) atoms. The first kappa shape index (κ1) is 27.9. The molecule has 0 unspecified atom stereocenters. The molecule has 4 aromatic rings. The van der Waals surface area contributed by atoms with Crippen LogP contribution in [0.1, 0.15) is 52.9 Å². The number of carbonyl (C=O) groups excluding carboxylic acids is 1. The molecule has 3 heterocycles. The van der Waals surface area contributed by atoms with Crippen LogP contribution in [-0.2, 0) is 6.54 Å². The molecule has 7 heteroatoms. The van der Waals surface area contributed by atoms with Crippen molar-refractivity contribution in [2.24, 2.45) is 0 Å². The van der Waals surface area contributed by atoms with Crippen molar-refractivity contribution in [2.75, 3.05) is 38.1 Å². The molecule has 216 valence electrons. The highest BCUT2D eigenvalue weighted by molar-refractivity contribution is 5.96. The lowest BCUT2D eigenvalue weighted by atomic mass is 10.0. The molecule has 0 atom stereocenters. The number of carbonyl (C=O) groups is 1. The Hall–Kier alpha value is -4.28. The van der Waals surface area contributed by atoms with Gasteiger partial charge in [0.15, 0.2) is 5.76 Å². The fourth-order valence-electron chi connectivity index (χ4n) is 6.13. The number of anilines is 1. The van der Waals surface area contributed by atoms with E-state index in [2.05, 4.69) is 47.1 Å². The molecule has 7 nitrogen and oxygen atoms in total. The van der Waals surface area contributed by atoms with Gasteiger partial charge < -0.3 is 19.0 Å². The Kier molecular flexibility index (Phi) is 8.16. The number of nitriles is 1. The summed E-state index contributed by atoms with van der Waals surface area (Å²) in [4.78, 5) is 20.0. The standard InChI is InChI=1S/C35H38N4O3/c1-25-3-9-30(10-4-25)39-19-15-31(16-20-39)41-32-11-12-33-28(21-32)22-34(42-33)35(40)37(2)29-13-17-38(18-14-29)24-27-7-5-26(23-36)6-8-27/h3-12,21-22,29,31H,13-20,24H2,1-2H3. The second-order valence-corrected chi connectivity index (χ2v) is 11.7. The largest absolute Gasteiger partial charge is 0.490 e. The van der Waals surface area contributed by atoms with Crippen molar-refractivity contribution >= 4 is 22.6 Å². The third-order valence-corrected chi connectivity index (χ3v) is 8.76. The van der Waals surface area contributed by atoms with Crippen molar-refractivity contribution < 1.29 is 13.9 Å². The lowest BCUT2D eigenvalue weighted by Crippen LogP contribution is -2.45. The number of benzene rings is 3. The van der Waals surface area contributed by atoms with E-state index in [4.69, 9.17) is 14.4 Å². The van der Waals surface area contributed by atoms with Crippen molar-refractivity contribution in [3.63, 3.8) is 0 Å². The first-order chi connectivity index (χ1) is 20.4. The zero-order valence-electron chi connectivity index (χ0n) is 24.5. The lowest BCUT2D eigenvalue weighted by molar-refractivity contribution is 0.0608. The highest BCUT2D eigenvalue weighted by Gasteiger charge is 2.28. The van der Waals surface area contributed by atoms with Gasteiger partial charge in [-0.05, 0) is 73.9 Å². The van der Waals surface area contributed by atoms with Gasteiger partial charge >= 0.3 is 0 Å². The monoisotopic (exact) mass is 562 g/mol. The number of rotatable bonds is 7. The van der Waals surface area contributed by atoms with Gasteiger partial charge in [0.25, 0.3) is 5.91 Å². The number of likely N-dealkylation sites (tertiary alicyclic amines) is 1. The molecule has 2 aliphatic heterocycles. The van der Waals surface area contributed by atoms with E-state index >= 15 is 0 Å². The number of hydrogen-bond acceptors (Lipinski definition) is 6. The van der Waals surface area contributed by atoms with Crippen LogP contribution in [0.25, 0.3) is 11.0 Å². The van der Waals surface area contributed by atoms with Gasteiger partial charge in [-0.3, -0.25) is 9.69 Å². The van der Waals surface area contributed by atoms with Gasteiger partial charge in [-0.2, -0.15) is 5.26 Å². The summed E-state index contributed by atoms with van der Waals surface area (Å²) in [5, 5.41) is 9.90. The second-order valence-electron chi connectivity index (χ2n) is 11.7. The Bertz CT molecular complexity index is 1550. The molecule has 0 spiro atoms. The summed E-state index contributed by atoms with van der Waals surface area (Å²) in [6, 6.07) is 26.5. The molecule has 6 rings (SSSR count). The van der Waals surface area contributed by atoms with Gasteiger partial charge in [0.1, 0.15) is 17.4 Å². The van der Waals surface area contributed by atoms with E-state index in [-0.39, 0.29) is 18.1 Å². The highest BCUT2D eigenvalue weighted by atomic mass is 16.5. The number of nitrogens with zero attached hydrogens (tertiary/aromatic N) is 4. The molecule has 1 aromatic heterocycles. The van der Waals surface area contributed by atoms with Crippen LogP contribution in [-0.4, -0.2) is 61.1 Å². The van der Waals surface area contributed by atoms with Crippen LogP contribution in [0.5, 0.6) is 5.75 Å². The molecule has 2 fully saturated rings. The third-order valence-electron chi connectivity index (χ3n) is 8.76. The number of piperidine rings is 2. The molecular weight excluding hydrogens is 524 g/mol. The molecule has 0 N–H and O–H groups in total. The molecule has 2 saturated heterocycles. The zero-order valence-corrected chi connectivity index (χ0v) is 24.5. The number of furan rings is 1. The van der Waals surface area contributed by atoms with Gasteiger partial charge in [0.05, 0.1) is 11.6 Å². The normalized spacial score (nSPS) is 16.8. The number of aryl methyl sites for hydroxylation is 1. The quantitative estimate of drug-likeness (QED) is 0.260. The molecule has 2 aliphatic rings. The summed E-state index contributed by atoms with van der Waals surface area (Å²) in [6.45, 7) is 6.77. The third kappa shape index (κ3) is 6.29. The van der Waals surface area contributed by atoms with Crippen LogP contribution >= 0.6 is 0 Å². The summed E-state index contributed by atoms with van der Waals surface area (Å²) in [7, 11) is 1.88. The highest BCUT2D eigenvalue weighted by Crippen LogP contribution is 2.29. The smallest absolute Gasteiger partial charge is 0.289 e. The maximum atomic E-state index is 13.4. The van der Waals surface area contributed by atoms with Gasteiger partial charge in [0, 0.05) is 69.7 Å². The van der Waals surface area contributed by atoms with E-state index in [1.165, 1.54) is 16.8 Å². The molecular formula is C35H38N4O3. The molecule has 0 radical (unpaired) electrons. The van der Waals surface area contributed by atoms with Crippen molar-refractivity contribution in [2.45, 2.75) is 51.3 Å². The Morgan fingerprint density at radius 2 is 1.67 bits per heavy atom. The minimum atomic E-state index is -0.0808. The summed E-state index contributed by atoms with van der Waals surface area (Å²) in [5.74, 6) is 1.11. The predicted octanol–water partition coefficient (Wildman–Crippen LogP) is 6.40. The minimum absolute atomic E-state index is 0.0808. The van der Waals surface area contributed by atoms with Crippen LogP contribution in [0.4, 0.5) is 5.69 Å². The zero-order chi connectivity index (χ0) is 29.1. The summed E-state index contributed by atoms with van der Waals surface area (Å²) < 4.78 is 12.4. The Morgan fingerprint density at radius 3 is 2.36 bits per heavy atom. The first-order valence-electron chi connectivity index (χ1n) is 15.0. The molecule has 0 saturated carbocycles. The summed E-state index contributed by atoms with van der Waals surface area (Å²) in [6.07, 6.45) is 3.95. The van der Waals surface area contributed by atoms with E-state index in [9.17, 15) is 4.79 Å². The second kappa shape index (κ2) is 12.3. The van der Waals surface area contributed by atoms with Crippen molar-refractivity contribution in [1.29, 1.82) is 5.26 Å².